The number of hydrogen-bond acceptors (Lipinski definition) is 7. The molecule has 152 valence electrons. The number of methoxy groups -OCH3 is 1. The van der Waals surface area contributed by atoms with Crippen LogP contribution in [0.4, 0.5) is 0 Å². The Balaban J connectivity index is 1.47. The second-order valence-corrected chi connectivity index (χ2v) is 7.77. The average Bonchev–Trinajstić information content (AvgIpc) is 3.42. The van der Waals surface area contributed by atoms with E-state index in [0.717, 1.165) is 59.3 Å². The molecule has 2 aliphatic rings. The van der Waals surface area contributed by atoms with E-state index >= 15 is 0 Å². The van der Waals surface area contributed by atoms with E-state index in [4.69, 9.17) is 19.1 Å². The van der Waals surface area contributed by atoms with Crippen molar-refractivity contribution in [3.8, 4) is 34.2 Å². The van der Waals surface area contributed by atoms with Crippen LogP contribution in [0, 0.1) is 5.92 Å². The predicted octanol–water partition coefficient (Wildman–Crippen LogP) is 2.42. The number of benzene rings is 1. The number of hydrogen-bond donors (Lipinski definition) is 0. The third-order valence-corrected chi connectivity index (χ3v) is 5.70. The smallest absolute Gasteiger partial charge is 0.227 e. The molecule has 0 bridgehead atoms. The molecular weight excluding hydrogens is 384 g/mol. The largest absolute Gasteiger partial charge is 0.497 e. The lowest BCUT2D eigenvalue weighted by Crippen LogP contribution is -2.29. The second-order valence-electron chi connectivity index (χ2n) is 7.77. The molecule has 1 fully saturated rings. The van der Waals surface area contributed by atoms with E-state index in [2.05, 4.69) is 19.7 Å². The normalized spacial score (nSPS) is 15.1. The van der Waals surface area contributed by atoms with Gasteiger partial charge >= 0.3 is 0 Å². The fourth-order valence-corrected chi connectivity index (χ4v) is 4.14. The minimum atomic E-state index is 0.456. The minimum Gasteiger partial charge on any atom is -0.497 e. The van der Waals surface area contributed by atoms with Crippen molar-refractivity contribution in [2.24, 2.45) is 13.0 Å². The highest BCUT2D eigenvalue weighted by atomic mass is 16.5. The molecule has 0 unspecified atom stereocenters. The molecule has 4 aromatic rings. The topological polar surface area (TPSA) is 93.0 Å². The number of aromatic nitrogens is 6. The first-order chi connectivity index (χ1) is 14.7. The molecule has 1 aromatic carbocycles. The van der Waals surface area contributed by atoms with Crippen LogP contribution in [0.5, 0.6) is 5.75 Å². The summed E-state index contributed by atoms with van der Waals surface area (Å²) in [6, 6.07) is 6.00. The Hall–Kier alpha value is -3.46. The van der Waals surface area contributed by atoms with E-state index in [9.17, 15) is 0 Å². The summed E-state index contributed by atoms with van der Waals surface area (Å²) in [5.41, 5.74) is 5.80. The quantitative estimate of drug-likeness (QED) is 0.454. The maximum Gasteiger partial charge on any atom is 0.227 e. The summed E-state index contributed by atoms with van der Waals surface area (Å²) in [6.07, 6.45) is 5.26. The number of rotatable bonds is 4. The Labute approximate surface area is 172 Å². The van der Waals surface area contributed by atoms with Gasteiger partial charge in [0.05, 0.1) is 37.4 Å². The number of fused-ring (bicyclic) bond motifs is 5. The van der Waals surface area contributed by atoms with Gasteiger partial charge in [-0.05, 0) is 18.2 Å². The van der Waals surface area contributed by atoms with Crippen molar-refractivity contribution in [1.82, 2.24) is 29.5 Å². The van der Waals surface area contributed by atoms with E-state index < -0.39 is 0 Å². The van der Waals surface area contributed by atoms with Crippen LogP contribution in [-0.2, 0) is 24.6 Å². The summed E-state index contributed by atoms with van der Waals surface area (Å²) in [6.45, 7) is 1.50. The second kappa shape index (κ2) is 6.53. The first-order valence-electron chi connectivity index (χ1n) is 9.88. The first-order valence-corrected chi connectivity index (χ1v) is 9.88. The third-order valence-electron chi connectivity index (χ3n) is 5.70. The molecule has 0 amide bonds. The molecule has 0 N–H and O–H groups in total. The van der Waals surface area contributed by atoms with Crippen molar-refractivity contribution in [2.75, 3.05) is 20.3 Å². The number of aryl methyl sites for hydroxylation is 1. The van der Waals surface area contributed by atoms with Crippen LogP contribution in [0.3, 0.4) is 0 Å². The average molecular weight is 404 g/mol. The Morgan fingerprint density at radius 2 is 2.13 bits per heavy atom. The molecule has 30 heavy (non-hydrogen) atoms. The lowest BCUT2D eigenvalue weighted by atomic mass is 10.0. The fraction of sp³-hybridized carbons (Fsp3) is 0.333. The lowest BCUT2D eigenvalue weighted by Gasteiger charge is -2.23. The summed E-state index contributed by atoms with van der Waals surface area (Å²) in [5.74, 6) is 2.39. The number of ether oxygens (including phenoxy) is 2. The summed E-state index contributed by atoms with van der Waals surface area (Å²) in [4.78, 5) is 9.26. The van der Waals surface area contributed by atoms with E-state index in [-0.39, 0.29) is 0 Å². The minimum absolute atomic E-state index is 0.456. The van der Waals surface area contributed by atoms with Gasteiger partial charge in [-0.1, -0.05) is 5.16 Å². The molecule has 0 aliphatic carbocycles. The molecular formula is C21H20N6O3. The van der Waals surface area contributed by atoms with Gasteiger partial charge in [0.2, 0.25) is 11.7 Å². The monoisotopic (exact) mass is 404 g/mol. The molecule has 2 aliphatic heterocycles. The lowest BCUT2D eigenvalue weighted by molar-refractivity contribution is -0.0342. The van der Waals surface area contributed by atoms with Gasteiger partial charge in [-0.25, -0.2) is 4.98 Å². The van der Waals surface area contributed by atoms with Crippen LogP contribution >= 0.6 is 0 Å². The van der Waals surface area contributed by atoms with Gasteiger partial charge in [-0.15, -0.1) is 0 Å². The zero-order valence-corrected chi connectivity index (χ0v) is 16.7. The van der Waals surface area contributed by atoms with Crippen LogP contribution in [-0.4, -0.2) is 49.8 Å². The first kappa shape index (κ1) is 17.4. The maximum atomic E-state index is 5.49. The molecule has 9 nitrogen and oxygen atoms in total. The zero-order chi connectivity index (χ0) is 20.2. The molecule has 0 spiro atoms. The van der Waals surface area contributed by atoms with E-state index in [0.29, 0.717) is 24.1 Å². The summed E-state index contributed by atoms with van der Waals surface area (Å²) >= 11 is 0. The van der Waals surface area contributed by atoms with Gasteiger partial charge in [-0.2, -0.15) is 10.1 Å². The summed E-state index contributed by atoms with van der Waals surface area (Å²) in [7, 11) is 3.60. The van der Waals surface area contributed by atoms with Crippen molar-refractivity contribution < 1.29 is 14.0 Å². The van der Waals surface area contributed by atoms with Crippen molar-refractivity contribution in [1.29, 1.82) is 0 Å². The fourth-order valence-electron chi connectivity index (χ4n) is 4.14. The number of nitrogens with zero attached hydrogens (tertiary/aromatic N) is 6. The van der Waals surface area contributed by atoms with Crippen LogP contribution in [0.1, 0.15) is 17.1 Å². The van der Waals surface area contributed by atoms with Crippen molar-refractivity contribution >= 4 is 0 Å². The summed E-state index contributed by atoms with van der Waals surface area (Å²) < 4.78 is 20.1. The molecule has 0 saturated carbocycles. The maximum absolute atomic E-state index is 5.49. The van der Waals surface area contributed by atoms with Crippen LogP contribution in [0.25, 0.3) is 28.5 Å². The zero-order valence-electron chi connectivity index (χ0n) is 16.7. The molecule has 1 saturated heterocycles. The Morgan fingerprint density at radius 3 is 2.93 bits per heavy atom. The molecule has 0 radical (unpaired) electrons. The highest BCUT2D eigenvalue weighted by molar-refractivity contribution is 5.77. The van der Waals surface area contributed by atoms with Gasteiger partial charge in [0.25, 0.3) is 0 Å². The Kier molecular flexibility index (Phi) is 3.79. The molecule has 9 heteroatoms. The molecule has 6 rings (SSSR count). The van der Waals surface area contributed by atoms with E-state index in [1.807, 2.05) is 42.5 Å². The van der Waals surface area contributed by atoms with Crippen molar-refractivity contribution in [2.45, 2.75) is 12.8 Å². The molecule has 3 aromatic heterocycles. The predicted molar refractivity (Wildman–Crippen MR) is 106 cm³/mol. The molecule has 0 atom stereocenters. The highest BCUT2D eigenvalue weighted by Gasteiger charge is 2.28. The Bertz CT molecular complexity index is 1250. The van der Waals surface area contributed by atoms with Crippen LogP contribution in [0.2, 0.25) is 0 Å². The summed E-state index contributed by atoms with van der Waals surface area (Å²) in [5, 5.41) is 8.92. The van der Waals surface area contributed by atoms with E-state index in [1.165, 1.54) is 0 Å². The van der Waals surface area contributed by atoms with Crippen molar-refractivity contribution in [3.63, 3.8) is 0 Å². The van der Waals surface area contributed by atoms with Gasteiger partial charge < -0.3 is 18.6 Å². The van der Waals surface area contributed by atoms with E-state index in [1.54, 1.807) is 7.11 Å². The Morgan fingerprint density at radius 1 is 1.23 bits per heavy atom. The van der Waals surface area contributed by atoms with Gasteiger partial charge in [0.1, 0.15) is 17.8 Å². The van der Waals surface area contributed by atoms with Crippen molar-refractivity contribution in [3.05, 3.63) is 47.9 Å². The van der Waals surface area contributed by atoms with Gasteiger partial charge in [0.15, 0.2) is 0 Å². The number of imidazole rings is 1. The van der Waals surface area contributed by atoms with Gasteiger partial charge in [0, 0.05) is 43.1 Å². The van der Waals surface area contributed by atoms with Crippen LogP contribution < -0.4 is 4.74 Å². The van der Waals surface area contributed by atoms with Gasteiger partial charge in [-0.3, -0.25) is 4.68 Å². The van der Waals surface area contributed by atoms with Crippen LogP contribution in [0.15, 0.2) is 35.2 Å². The molecule has 5 heterocycles. The third kappa shape index (κ3) is 2.66. The standard InChI is InChI=1S/C21H20N6O3/c1-26-8-13-6-17-20(21-23-18(30-25-21)5-12-9-29-10-12)22-11-27(17)16-4-3-14(28-2)7-15(16)19(13)24-26/h3-4,7-8,11-12H,5-6,9-10H2,1-2H3. The highest BCUT2D eigenvalue weighted by Crippen LogP contribution is 2.38. The SMILES string of the molecule is COc1ccc2c(c1)-c1nn(C)cc1Cc1c(-c3noc(CC4COC4)n3)ncn1-2.